The second kappa shape index (κ2) is 8.11. The normalized spacial score (nSPS) is 17.9. The summed E-state index contributed by atoms with van der Waals surface area (Å²) < 4.78 is 51.1. The fraction of sp³-hybridized carbons (Fsp3) is 0.571. The summed E-state index contributed by atoms with van der Waals surface area (Å²) in [6.07, 6.45) is 1.20. The summed E-state index contributed by atoms with van der Waals surface area (Å²) in [7, 11) is -6.61. The Morgan fingerprint density at radius 3 is 2.29 bits per heavy atom. The van der Waals surface area contributed by atoms with Gasteiger partial charge in [0.25, 0.3) is 0 Å². The molecule has 0 atom stereocenters. The maximum Gasteiger partial charge on any atom is 0.215 e. The zero-order valence-electron chi connectivity index (χ0n) is 13.5. The number of rotatable bonds is 7. The summed E-state index contributed by atoms with van der Waals surface area (Å²) in [5.41, 5.74) is 0.563. The van der Waals surface area contributed by atoms with Gasteiger partial charge in [0.15, 0.2) is 0 Å². The van der Waals surface area contributed by atoms with Crippen LogP contribution in [0.5, 0.6) is 0 Å². The van der Waals surface area contributed by atoms with Crippen LogP contribution in [-0.4, -0.2) is 71.6 Å². The SMILES string of the molecule is CS(=O)(=O)N1CCN(CCNS(=O)(=O)Cc2ccccc2Cl)CC1. The van der Waals surface area contributed by atoms with E-state index in [0.29, 0.717) is 43.3 Å². The van der Waals surface area contributed by atoms with Crippen LogP contribution in [0.3, 0.4) is 0 Å². The van der Waals surface area contributed by atoms with Crippen molar-refractivity contribution in [1.82, 2.24) is 13.9 Å². The topological polar surface area (TPSA) is 86.8 Å². The molecule has 0 amide bonds. The molecule has 1 heterocycles. The second-order valence-electron chi connectivity index (χ2n) is 5.75. The first-order valence-corrected chi connectivity index (χ1v) is 11.4. The van der Waals surface area contributed by atoms with E-state index in [0.717, 1.165) is 0 Å². The maximum absolute atomic E-state index is 12.1. The molecule has 1 aliphatic heterocycles. The predicted molar refractivity (Wildman–Crippen MR) is 94.9 cm³/mol. The molecule has 0 aromatic heterocycles. The maximum atomic E-state index is 12.1. The molecular formula is C14H22ClN3O4S2. The predicted octanol–water partition coefficient (Wildman–Crippen LogP) is 0.337. The Kier molecular flexibility index (Phi) is 6.63. The fourth-order valence-corrected chi connectivity index (χ4v) is 4.79. The number of piperazine rings is 1. The van der Waals surface area contributed by atoms with Crippen LogP contribution in [0.15, 0.2) is 24.3 Å². The summed E-state index contributed by atoms with van der Waals surface area (Å²) in [5.74, 6) is -0.158. The molecule has 0 saturated carbocycles. The van der Waals surface area contributed by atoms with Crippen molar-refractivity contribution in [2.45, 2.75) is 5.75 Å². The highest BCUT2D eigenvalue weighted by Gasteiger charge is 2.23. The summed E-state index contributed by atoms with van der Waals surface area (Å²) in [6.45, 7) is 2.89. The third-order valence-electron chi connectivity index (χ3n) is 3.85. The lowest BCUT2D eigenvalue weighted by atomic mass is 10.2. The van der Waals surface area contributed by atoms with Gasteiger partial charge in [0, 0.05) is 44.3 Å². The van der Waals surface area contributed by atoms with Gasteiger partial charge in [0.1, 0.15) is 0 Å². The van der Waals surface area contributed by atoms with Gasteiger partial charge in [-0.1, -0.05) is 29.8 Å². The minimum Gasteiger partial charge on any atom is -0.299 e. The van der Waals surface area contributed by atoms with Crippen molar-refractivity contribution < 1.29 is 16.8 Å². The highest BCUT2D eigenvalue weighted by Crippen LogP contribution is 2.17. The monoisotopic (exact) mass is 395 g/mol. The highest BCUT2D eigenvalue weighted by atomic mass is 35.5. The van der Waals surface area contributed by atoms with Crippen molar-refractivity contribution in [3.05, 3.63) is 34.9 Å². The Morgan fingerprint density at radius 1 is 1.08 bits per heavy atom. The molecule has 0 spiro atoms. The van der Waals surface area contributed by atoms with Gasteiger partial charge in [-0.2, -0.15) is 4.31 Å². The number of halogens is 1. The number of sulfonamides is 2. The summed E-state index contributed by atoms with van der Waals surface area (Å²) in [6, 6.07) is 6.85. The third-order valence-corrected chi connectivity index (χ3v) is 6.86. The first-order valence-electron chi connectivity index (χ1n) is 7.55. The largest absolute Gasteiger partial charge is 0.299 e. The van der Waals surface area contributed by atoms with E-state index in [1.807, 2.05) is 4.90 Å². The third kappa shape index (κ3) is 5.98. The molecule has 24 heavy (non-hydrogen) atoms. The highest BCUT2D eigenvalue weighted by molar-refractivity contribution is 7.88. The molecule has 1 aromatic carbocycles. The van der Waals surface area contributed by atoms with Crippen LogP contribution < -0.4 is 4.72 Å². The minimum absolute atomic E-state index is 0.158. The van der Waals surface area contributed by atoms with E-state index in [4.69, 9.17) is 11.6 Å². The Balaban J connectivity index is 1.77. The molecule has 0 radical (unpaired) electrons. The van der Waals surface area contributed by atoms with Crippen LogP contribution in [0.1, 0.15) is 5.56 Å². The van der Waals surface area contributed by atoms with E-state index in [2.05, 4.69) is 4.72 Å². The van der Waals surface area contributed by atoms with Gasteiger partial charge in [-0.25, -0.2) is 21.6 Å². The molecule has 0 aliphatic carbocycles. The molecule has 10 heteroatoms. The van der Waals surface area contributed by atoms with Crippen molar-refractivity contribution in [3.8, 4) is 0 Å². The van der Waals surface area contributed by atoms with E-state index >= 15 is 0 Å². The van der Waals surface area contributed by atoms with Crippen LogP contribution in [0, 0.1) is 0 Å². The number of nitrogens with one attached hydrogen (secondary N) is 1. The molecule has 7 nitrogen and oxygen atoms in total. The summed E-state index contributed by atoms with van der Waals surface area (Å²) >= 11 is 5.98. The number of nitrogens with zero attached hydrogens (tertiary/aromatic N) is 2. The zero-order chi connectivity index (χ0) is 17.8. The van der Waals surface area contributed by atoms with Gasteiger partial charge in [0.05, 0.1) is 12.0 Å². The standard InChI is InChI=1S/C14H22ClN3O4S2/c1-23(19,20)18-10-8-17(9-11-18)7-6-16-24(21,22)12-13-4-2-3-5-14(13)15/h2-5,16H,6-12H2,1H3. The molecule has 1 saturated heterocycles. The van der Waals surface area contributed by atoms with Gasteiger partial charge in [-0.15, -0.1) is 0 Å². The van der Waals surface area contributed by atoms with Crippen molar-refractivity contribution in [3.63, 3.8) is 0 Å². The lowest BCUT2D eigenvalue weighted by Crippen LogP contribution is -2.49. The average molecular weight is 396 g/mol. The molecule has 1 aromatic rings. The van der Waals surface area contributed by atoms with Crippen molar-refractivity contribution in [1.29, 1.82) is 0 Å². The fourth-order valence-electron chi connectivity index (χ4n) is 2.52. The Labute approximate surface area is 148 Å². The van der Waals surface area contributed by atoms with Gasteiger partial charge >= 0.3 is 0 Å². The van der Waals surface area contributed by atoms with E-state index < -0.39 is 20.0 Å². The van der Waals surface area contributed by atoms with Crippen molar-refractivity contribution in [2.75, 3.05) is 45.5 Å². The molecule has 1 fully saturated rings. The zero-order valence-corrected chi connectivity index (χ0v) is 15.9. The molecule has 136 valence electrons. The Morgan fingerprint density at radius 2 is 1.71 bits per heavy atom. The van der Waals surface area contributed by atoms with Crippen molar-refractivity contribution in [2.24, 2.45) is 0 Å². The number of hydrogen-bond donors (Lipinski definition) is 1. The van der Waals surface area contributed by atoms with Crippen LogP contribution in [0.2, 0.25) is 5.02 Å². The molecule has 0 bridgehead atoms. The second-order valence-corrected chi connectivity index (χ2v) is 9.94. The molecule has 2 rings (SSSR count). The van der Waals surface area contributed by atoms with E-state index in [9.17, 15) is 16.8 Å². The van der Waals surface area contributed by atoms with Crippen molar-refractivity contribution >= 4 is 31.6 Å². The Hall–Kier alpha value is -0.710. The van der Waals surface area contributed by atoms with Crippen LogP contribution in [0.25, 0.3) is 0 Å². The lowest BCUT2D eigenvalue weighted by Gasteiger charge is -2.33. The van der Waals surface area contributed by atoms with E-state index in [-0.39, 0.29) is 12.3 Å². The first kappa shape index (κ1) is 19.6. The quantitative estimate of drug-likeness (QED) is 0.719. The van der Waals surface area contributed by atoms with E-state index in [1.165, 1.54) is 10.6 Å². The number of benzene rings is 1. The molecular weight excluding hydrogens is 374 g/mol. The van der Waals surface area contributed by atoms with Gasteiger partial charge in [-0.05, 0) is 11.6 Å². The average Bonchev–Trinajstić information content (AvgIpc) is 2.49. The smallest absolute Gasteiger partial charge is 0.215 e. The molecule has 1 N–H and O–H groups in total. The summed E-state index contributed by atoms with van der Waals surface area (Å²) in [4.78, 5) is 2.04. The Bertz CT molecular complexity index is 760. The van der Waals surface area contributed by atoms with Crippen LogP contribution in [0.4, 0.5) is 0 Å². The molecule has 0 unspecified atom stereocenters. The first-order chi connectivity index (χ1) is 11.2. The van der Waals surface area contributed by atoms with Gasteiger partial charge in [-0.3, -0.25) is 4.90 Å². The molecule has 1 aliphatic rings. The van der Waals surface area contributed by atoms with Gasteiger partial charge in [0.2, 0.25) is 20.0 Å². The van der Waals surface area contributed by atoms with Crippen LogP contribution in [-0.2, 0) is 25.8 Å². The summed E-state index contributed by atoms with van der Waals surface area (Å²) in [5, 5.41) is 0.430. The van der Waals surface area contributed by atoms with E-state index in [1.54, 1.807) is 24.3 Å². The van der Waals surface area contributed by atoms with Crippen LogP contribution >= 0.6 is 11.6 Å². The minimum atomic E-state index is -3.46. The van der Waals surface area contributed by atoms with Gasteiger partial charge < -0.3 is 0 Å². The lowest BCUT2D eigenvalue weighted by molar-refractivity contribution is 0.192. The number of hydrogen-bond acceptors (Lipinski definition) is 5.